The van der Waals surface area contributed by atoms with Crippen molar-refractivity contribution >= 4 is 29.3 Å². The molecular weight excluding hydrogens is 316 g/mol. The minimum absolute atomic E-state index is 0.163. The number of nitrogens with one attached hydrogen (secondary N) is 1. The third kappa shape index (κ3) is 3.11. The first-order chi connectivity index (χ1) is 10.6. The number of halogens is 1. The molecule has 1 fully saturated rings. The number of amides is 3. The lowest BCUT2D eigenvalue weighted by Gasteiger charge is -2.26. The van der Waals surface area contributed by atoms with E-state index in [1.165, 1.54) is 0 Å². The molecule has 23 heavy (non-hydrogen) atoms. The van der Waals surface area contributed by atoms with Crippen molar-refractivity contribution in [2.75, 3.05) is 6.54 Å². The third-order valence-corrected chi connectivity index (χ3v) is 4.43. The van der Waals surface area contributed by atoms with E-state index < -0.39 is 22.9 Å². The molecule has 0 aromatic heterocycles. The summed E-state index contributed by atoms with van der Waals surface area (Å²) < 4.78 is 0. The summed E-state index contributed by atoms with van der Waals surface area (Å²) >= 11 is 5.89. The van der Waals surface area contributed by atoms with E-state index in [9.17, 15) is 14.4 Å². The van der Waals surface area contributed by atoms with Gasteiger partial charge < -0.3 is 5.32 Å². The Labute approximate surface area is 141 Å². The number of urea groups is 1. The van der Waals surface area contributed by atoms with Gasteiger partial charge in [0.05, 0.1) is 6.54 Å². The van der Waals surface area contributed by atoms with E-state index >= 15 is 0 Å². The summed E-state index contributed by atoms with van der Waals surface area (Å²) in [5, 5.41) is 3.30. The molecule has 0 radical (unpaired) electrons. The van der Waals surface area contributed by atoms with E-state index in [0.29, 0.717) is 17.0 Å². The maximum Gasteiger partial charge on any atom is 0.325 e. The highest BCUT2D eigenvalue weighted by atomic mass is 35.5. The average Bonchev–Trinajstić information content (AvgIpc) is 2.72. The molecule has 0 spiro atoms. The Bertz CT molecular complexity index is 649. The van der Waals surface area contributed by atoms with Crippen LogP contribution >= 0.6 is 11.6 Å². The summed E-state index contributed by atoms with van der Waals surface area (Å²) in [6.45, 7) is 6.89. The van der Waals surface area contributed by atoms with Crippen LogP contribution in [-0.4, -0.2) is 29.2 Å². The molecule has 6 heteroatoms. The predicted molar refractivity (Wildman–Crippen MR) is 88.1 cm³/mol. The van der Waals surface area contributed by atoms with Gasteiger partial charge in [-0.3, -0.25) is 14.5 Å². The van der Waals surface area contributed by atoms with Crippen LogP contribution in [-0.2, 0) is 15.1 Å². The second-order valence-electron chi connectivity index (χ2n) is 6.76. The maximum atomic E-state index is 12.9. The van der Waals surface area contributed by atoms with Gasteiger partial charge in [0.2, 0.25) is 0 Å². The molecule has 1 atom stereocenters. The lowest BCUT2D eigenvalue weighted by atomic mass is 9.86. The fourth-order valence-electron chi connectivity index (χ4n) is 2.52. The molecule has 0 saturated carbocycles. The highest BCUT2D eigenvalue weighted by Gasteiger charge is 2.51. The van der Waals surface area contributed by atoms with Crippen molar-refractivity contribution in [3.05, 3.63) is 34.9 Å². The fourth-order valence-corrected chi connectivity index (χ4v) is 2.65. The minimum Gasteiger partial charge on any atom is -0.319 e. The first-order valence-corrected chi connectivity index (χ1v) is 7.93. The van der Waals surface area contributed by atoms with E-state index in [1.807, 2.05) is 6.92 Å². The van der Waals surface area contributed by atoms with Gasteiger partial charge in [0.25, 0.3) is 5.91 Å². The molecule has 0 bridgehead atoms. The zero-order chi connectivity index (χ0) is 17.4. The number of nitrogens with zero attached hydrogens (tertiary/aromatic N) is 1. The average molecular weight is 337 g/mol. The molecule has 1 N–H and O–H groups in total. The zero-order valence-corrected chi connectivity index (χ0v) is 14.5. The van der Waals surface area contributed by atoms with Crippen molar-refractivity contribution in [3.63, 3.8) is 0 Å². The number of carbonyl (C=O) groups excluding carboxylic acids is 3. The van der Waals surface area contributed by atoms with E-state index in [0.717, 1.165) is 4.90 Å². The zero-order valence-electron chi connectivity index (χ0n) is 13.8. The Kier molecular flexibility index (Phi) is 4.53. The molecule has 1 aliphatic heterocycles. The Balaban J connectivity index is 2.35. The van der Waals surface area contributed by atoms with Crippen LogP contribution in [0.15, 0.2) is 24.3 Å². The number of imide groups is 1. The minimum atomic E-state index is -1.14. The smallest absolute Gasteiger partial charge is 0.319 e. The lowest BCUT2D eigenvalue weighted by molar-refractivity contribution is -0.137. The first kappa shape index (κ1) is 17.5. The monoisotopic (exact) mass is 336 g/mol. The molecule has 1 heterocycles. The highest BCUT2D eigenvalue weighted by Crippen LogP contribution is 2.33. The second kappa shape index (κ2) is 5.96. The van der Waals surface area contributed by atoms with Crippen LogP contribution in [0, 0.1) is 5.41 Å². The van der Waals surface area contributed by atoms with E-state index in [-0.39, 0.29) is 12.3 Å². The Morgan fingerprint density at radius 1 is 1.22 bits per heavy atom. The lowest BCUT2D eigenvalue weighted by Crippen LogP contribution is -2.44. The van der Waals surface area contributed by atoms with E-state index in [2.05, 4.69) is 5.32 Å². The van der Waals surface area contributed by atoms with Gasteiger partial charge >= 0.3 is 6.03 Å². The number of hydrogen-bond acceptors (Lipinski definition) is 3. The third-order valence-electron chi connectivity index (χ3n) is 4.18. The van der Waals surface area contributed by atoms with Crippen LogP contribution in [0.5, 0.6) is 0 Å². The number of Topliss-reactive ketones (excluding diaryl/α,β-unsaturated/α-hetero) is 1. The number of benzene rings is 1. The van der Waals surface area contributed by atoms with Crippen molar-refractivity contribution in [2.45, 2.75) is 39.7 Å². The Hall–Kier alpha value is -1.88. The summed E-state index contributed by atoms with van der Waals surface area (Å²) in [6, 6.07) is 6.26. The summed E-state index contributed by atoms with van der Waals surface area (Å²) in [5.41, 5.74) is -1.09. The molecule has 124 valence electrons. The summed E-state index contributed by atoms with van der Waals surface area (Å²) in [5.74, 6) is -0.561. The Morgan fingerprint density at radius 3 is 2.26 bits per heavy atom. The molecule has 5 nitrogen and oxygen atoms in total. The number of ketones is 1. The quantitative estimate of drug-likeness (QED) is 0.859. The first-order valence-electron chi connectivity index (χ1n) is 7.55. The number of hydrogen-bond donors (Lipinski definition) is 1. The SMILES string of the molecule is CCC1(c2ccc(Cl)cc2)NC(=O)N(CC(=O)C(C)(C)C)C1=O. The molecule has 3 amide bonds. The molecule has 1 saturated heterocycles. The Morgan fingerprint density at radius 2 is 1.78 bits per heavy atom. The molecule has 0 aliphatic carbocycles. The van der Waals surface area contributed by atoms with Gasteiger partial charge in [-0.05, 0) is 24.1 Å². The van der Waals surface area contributed by atoms with Gasteiger partial charge in [0.15, 0.2) is 5.78 Å². The van der Waals surface area contributed by atoms with Crippen LogP contribution in [0.2, 0.25) is 5.02 Å². The fraction of sp³-hybridized carbons (Fsp3) is 0.471. The summed E-state index contributed by atoms with van der Waals surface area (Å²) in [7, 11) is 0. The predicted octanol–water partition coefficient (Wildman–Crippen LogP) is 3.11. The van der Waals surface area contributed by atoms with Crippen molar-refractivity contribution in [3.8, 4) is 0 Å². The largest absolute Gasteiger partial charge is 0.325 e. The molecular formula is C17H21ClN2O3. The van der Waals surface area contributed by atoms with E-state index in [4.69, 9.17) is 11.6 Å². The second-order valence-corrected chi connectivity index (χ2v) is 7.20. The van der Waals surface area contributed by atoms with Crippen molar-refractivity contribution < 1.29 is 14.4 Å². The normalized spacial score (nSPS) is 21.5. The summed E-state index contributed by atoms with van der Waals surface area (Å²) in [4.78, 5) is 38.4. The van der Waals surface area contributed by atoms with Crippen LogP contribution in [0.1, 0.15) is 39.7 Å². The standard InChI is InChI=1S/C17H21ClN2O3/c1-5-17(11-6-8-12(18)9-7-11)14(22)20(15(23)19-17)10-13(21)16(2,3)4/h6-9H,5,10H2,1-4H3,(H,19,23). The maximum absolute atomic E-state index is 12.9. The highest BCUT2D eigenvalue weighted by molar-refractivity contribution is 6.30. The van der Waals surface area contributed by atoms with Crippen LogP contribution < -0.4 is 5.32 Å². The van der Waals surface area contributed by atoms with Gasteiger partial charge in [-0.2, -0.15) is 0 Å². The number of rotatable bonds is 4. The van der Waals surface area contributed by atoms with Crippen molar-refractivity contribution in [1.82, 2.24) is 10.2 Å². The van der Waals surface area contributed by atoms with Crippen molar-refractivity contribution in [2.24, 2.45) is 5.41 Å². The molecule has 1 aromatic rings. The molecule has 1 aliphatic rings. The topological polar surface area (TPSA) is 66.5 Å². The molecule has 1 aromatic carbocycles. The van der Waals surface area contributed by atoms with Gasteiger partial charge in [0, 0.05) is 10.4 Å². The van der Waals surface area contributed by atoms with Gasteiger partial charge in [-0.15, -0.1) is 0 Å². The van der Waals surface area contributed by atoms with Crippen LogP contribution in [0.3, 0.4) is 0 Å². The number of carbonyl (C=O) groups is 3. The molecule has 2 rings (SSSR count). The van der Waals surface area contributed by atoms with Crippen molar-refractivity contribution in [1.29, 1.82) is 0 Å². The van der Waals surface area contributed by atoms with Crippen LogP contribution in [0.25, 0.3) is 0 Å². The van der Waals surface area contributed by atoms with Crippen LogP contribution in [0.4, 0.5) is 4.79 Å². The van der Waals surface area contributed by atoms with E-state index in [1.54, 1.807) is 45.0 Å². The molecule has 1 unspecified atom stereocenters. The van der Waals surface area contributed by atoms with Gasteiger partial charge in [-0.25, -0.2) is 4.79 Å². The van der Waals surface area contributed by atoms with Gasteiger partial charge in [0.1, 0.15) is 5.54 Å². The van der Waals surface area contributed by atoms with Gasteiger partial charge in [-0.1, -0.05) is 51.4 Å². The summed E-state index contributed by atoms with van der Waals surface area (Å²) in [6.07, 6.45) is 0.388.